The Hall–Kier alpha value is -1.13. The number of aliphatic hydroxyl groups excluding tert-OH is 1. The molecule has 19 heavy (non-hydrogen) atoms. The summed E-state index contributed by atoms with van der Waals surface area (Å²) in [5.41, 5.74) is 1.94. The van der Waals surface area contributed by atoms with Crippen LogP contribution in [0.2, 0.25) is 0 Å². The highest BCUT2D eigenvalue weighted by Crippen LogP contribution is 2.22. The molecule has 1 aliphatic rings. The van der Waals surface area contributed by atoms with Gasteiger partial charge >= 0.3 is 0 Å². The minimum atomic E-state index is -0.440. The molecule has 1 saturated heterocycles. The number of aromatic nitrogens is 1. The maximum absolute atomic E-state index is 9.76. The molecule has 0 aromatic carbocycles. The number of pyridine rings is 1. The number of hydrogen-bond donors (Lipinski definition) is 1. The largest absolute Gasteiger partial charge is 0.387 e. The predicted octanol–water partition coefficient (Wildman–Crippen LogP) is 2.06. The van der Waals surface area contributed by atoms with Gasteiger partial charge < -0.3 is 14.9 Å². The molecule has 0 bridgehead atoms. The van der Waals surface area contributed by atoms with Gasteiger partial charge in [-0.1, -0.05) is 6.92 Å². The summed E-state index contributed by atoms with van der Waals surface area (Å²) in [6.45, 7) is 4.12. The molecule has 2 unspecified atom stereocenters. The van der Waals surface area contributed by atoms with E-state index in [1.807, 2.05) is 19.2 Å². The molecule has 2 rings (SSSR count). The van der Waals surface area contributed by atoms with Crippen molar-refractivity contribution < 1.29 is 5.11 Å². The number of nitrogens with zero attached hydrogens (tertiary/aromatic N) is 3. The van der Waals surface area contributed by atoms with Crippen LogP contribution in [0.4, 0.5) is 5.69 Å². The van der Waals surface area contributed by atoms with Gasteiger partial charge in [0.05, 0.1) is 23.7 Å². The Morgan fingerprint density at radius 2 is 2.26 bits per heavy atom. The van der Waals surface area contributed by atoms with E-state index in [0.717, 1.165) is 18.8 Å². The molecule has 1 aromatic rings. The van der Waals surface area contributed by atoms with E-state index in [0.29, 0.717) is 12.5 Å². The molecule has 4 nitrogen and oxygen atoms in total. The molecule has 0 saturated carbocycles. The normalized spacial score (nSPS) is 21.7. The van der Waals surface area contributed by atoms with Crippen LogP contribution in [0.1, 0.15) is 38.0 Å². The van der Waals surface area contributed by atoms with Crippen molar-refractivity contribution in [3.63, 3.8) is 0 Å². The molecule has 0 aliphatic carbocycles. The second-order valence-electron chi connectivity index (χ2n) is 5.57. The smallest absolute Gasteiger partial charge is 0.0957 e. The average molecular weight is 263 g/mol. The van der Waals surface area contributed by atoms with Crippen LogP contribution in [0.5, 0.6) is 0 Å². The van der Waals surface area contributed by atoms with Crippen LogP contribution in [-0.4, -0.2) is 48.2 Å². The van der Waals surface area contributed by atoms with Gasteiger partial charge in [0.25, 0.3) is 0 Å². The quantitative estimate of drug-likeness (QED) is 0.902. The lowest BCUT2D eigenvalue weighted by molar-refractivity contribution is 0.169. The van der Waals surface area contributed by atoms with Gasteiger partial charge in [0, 0.05) is 19.1 Å². The highest BCUT2D eigenvalue weighted by Gasteiger charge is 2.21. The van der Waals surface area contributed by atoms with Gasteiger partial charge in [-0.2, -0.15) is 0 Å². The second kappa shape index (κ2) is 6.35. The van der Waals surface area contributed by atoms with Crippen LogP contribution in [0, 0.1) is 0 Å². The summed E-state index contributed by atoms with van der Waals surface area (Å²) in [6.07, 6.45) is 4.65. The minimum absolute atomic E-state index is 0.440. The molecule has 1 fully saturated rings. The highest BCUT2D eigenvalue weighted by molar-refractivity contribution is 5.45. The maximum Gasteiger partial charge on any atom is 0.0957 e. The number of piperidine rings is 1. The minimum Gasteiger partial charge on any atom is -0.387 e. The van der Waals surface area contributed by atoms with Crippen molar-refractivity contribution in [3.8, 4) is 0 Å². The lowest BCUT2D eigenvalue weighted by Crippen LogP contribution is -2.45. The zero-order valence-electron chi connectivity index (χ0n) is 12.2. The first kappa shape index (κ1) is 14.3. The van der Waals surface area contributed by atoms with E-state index in [2.05, 4.69) is 34.9 Å². The van der Waals surface area contributed by atoms with Crippen molar-refractivity contribution in [2.24, 2.45) is 0 Å². The fourth-order valence-electron chi connectivity index (χ4n) is 2.60. The Morgan fingerprint density at radius 3 is 2.84 bits per heavy atom. The number of anilines is 1. The summed E-state index contributed by atoms with van der Waals surface area (Å²) in [5.74, 6) is 0. The van der Waals surface area contributed by atoms with E-state index in [9.17, 15) is 5.11 Å². The fourth-order valence-corrected chi connectivity index (χ4v) is 2.60. The third-order valence-corrected chi connectivity index (χ3v) is 3.99. The molecule has 0 spiro atoms. The summed E-state index contributed by atoms with van der Waals surface area (Å²) >= 11 is 0. The predicted molar refractivity (Wildman–Crippen MR) is 78.4 cm³/mol. The van der Waals surface area contributed by atoms with Gasteiger partial charge in [-0.15, -0.1) is 0 Å². The zero-order valence-corrected chi connectivity index (χ0v) is 12.2. The third-order valence-electron chi connectivity index (χ3n) is 3.99. The molecule has 1 aromatic heterocycles. The van der Waals surface area contributed by atoms with Gasteiger partial charge in [-0.25, -0.2) is 0 Å². The Labute approximate surface area is 116 Å². The van der Waals surface area contributed by atoms with Crippen LogP contribution in [0.3, 0.4) is 0 Å². The second-order valence-corrected chi connectivity index (χ2v) is 5.57. The van der Waals surface area contributed by atoms with Gasteiger partial charge in [-0.3, -0.25) is 4.98 Å². The average Bonchev–Trinajstić information content (AvgIpc) is 2.46. The van der Waals surface area contributed by atoms with Crippen molar-refractivity contribution in [2.75, 3.05) is 32.1 Å². The van der Waals surface area contributed by atoms with Gasteiger partial charge in [0.2, 0.25) is 0 Å². The van der Waals surface area contributed by atoms with Crippen LogP contribution in [-0.2, 0) is 0 Å². The first-order valence-corrected chi connectivity index (χ1v) is 7.17. The summed E-state index contributed by atoms with van der Waals surface area (Å²) in [5, 5.41) is 9.76. The number of hydrogen-bond acceptors (Lipinski definition) is 4. The summed E-state index contributed by atoms with van der Waals surface area (Å²) in [4.78, 5) is 9.08. The molecular weight excluding hydrogens is 238 g/mol. The maximum atomic E-state index is 9.76. The van der Waals surface area contributed by atoms with E-state index in [1.165, 1.54) is 18.5 Å². The lowest BCUT2D eigenvalue weighted by atomic mass is 10.0. The highest BCUT2D eigenvalue weighted by atomic mass is 16.3. The van der Waals surface area contributed by atoms with E-state index >= 15 is 0 Å². The van der Waals surface area contributed by atoms with Gasteiger partial charge in [0.15, 0.2) is 0 Å². The monoisotopic (exact) mass is 263 g/mol. The summed E-state index contributed by atoms with van der Waals surface area (Å²) in [7, 11) is 4.29. The van der Waals surface area contributed by atoms with Crippen molar-refractivity contribution in [3.05, 3.63) is 24.0 Å². The number of aliphatic hydroxyl groups is 1. The van der Waals surface area contributed by atoms with E-state index in [4.69, 9.17) is 0 Å². The van der Waals surface area contributed by atoms with Crippen LogP contribution in [0.25, 0.3) is 0 Å². The molecule has 4 heteroatoms. The molecule has 2 atom stereocenters. The van der Waals surface area contributed by atoms with Crippen LogP contribution in [0.15, 0.2) is 18.3 Å². The molecule has 1 N–H and O–H groups in total. The Kier molecular flexibility index (Phi) is 4.77. The standard InChI is InChI=1S/C15H25N3O/c1-4-15(19)14-8-7-12(10-16-14)18-9-5-6-13(11-18)17(2)3/h7-8,10,13,15,19H,4-6,9,11H2,1-3H3. The molecule has 2 heterocycles. The third kappa shape index (κ3) is 3.45. The lowest BCUT2D eigenvalue weighted by Gasteiger charge is -2.37. The van der Waals surface area contributed by atoms with E-state index in [-0.39, 0.29) is 0 Å². The van der Waals surface area contributed by atoms with Crippen molar-refractivity contribution in [2.45, 2.75) is 38.3 Å². The summed E-state index contributed by atoms with van der Waals surface area (Å²) < 4.78 is 0. The van der Waals surface area contributed by atoms with Crippen molar-refractivity contribution in [1.29, 1.82) is 0 Å². The Bertz CT molecular complexity index is 391. The molecular formula is C15H25N3O. The molecule has 1 aliphatic heterocycles. The molecule has 0 amide bonds. The summed E-state index contributed by atoms with van der Waals surface area (Å²) in [6, 6.07) is 4.65. The molecule has 106 valence electrons. The SMILES string of the molecule is CCC(O)c1ccc(N2CCCC(N(C)C)C2)cn1. The van der Waals surface area contributed by atoms with E-state index < -0.39 is 6.10 Å². The first-order chi connectivity index (χ1) is 9.11. The van der Waals surface area contributed by atoms with E-state index in [1.54, 1.807) is 0 Å². The number of rotatable bonds is 4. The topological polar surface area (TPSA) is 39.6 Å². The van der Waals surface area contributed by atoms with Gasteiger partial charge in [0.1, 0.15) is 0 Å². The Morgan fingerprint density at radius 1 is 1.47 bits per heavy atom. The zero-order chi connectivity index (χ0) is 13.8. The molecule has 0 radical (unpaired) electrons. The van der Waals surface area contributed by atoms with Crippen molar-refractivity contribution >= 4 is 5.69 Å². The fraction of sp³-hybridized carbons (Fsp3) is 0.667. The first-order valence-electron chi connectivity index (χ1n) is 7.17. The van der Waals surface area contributed by atoms with Crippen LogP contribution < -0.4 is 4.90 Å². The van der Waals surface area contributed by atoms with Crippen LogP contribution >= 0.6 is 0 Å². The number of likely N-dealkylation sites (N-methyl/N-ethyl adjacent to an activating group) is 1. The van der Waals surface area contributed by atoms with Crippen molar-refractivity contribution in [1.82, 2.24) is 9.88 Å². The Balaban J connectivity index is 2.05. The van der Waals surface area contributed by atoms with Gasteiger partial charge in [-0.05, 0) is 45.5 Å².